The fourth-order valence-corrected chi connectivity index (χ4v) is 3.66. The Morgan fingerprint density at radius 1 is 1.35 bits per heavy atom. The average molecular weight is 361 g/mol. The molecular weight excluding hydrogens is 355 g/mol. The third-order valence-corrected chi connectivity index (χ3v) is 4.73. The lowest BCUT2D eigenvalue weighted by Gasteiger charge is -2.09. The largest absolute Gasteiger partial charge is 0.491 e. The summed E-state index contributed by atoms with van der Waals surface area (Å²) in [6.07, 6.45) is -2.22. The molecule has 0 aromatic carbocycles. The number of nitro groups is 1. The molecule has 0 spiro atoms. The maximum atomic E-state index is 12.9. The number of alkyl halides is 3. The van der Waals surface area contributed by atoms with Gasteiger partial charge in [-0.25, -0.2) is 19.5 Å². The van der Waals surface area contributed by atoms with Crippen molar-refractivity contribution in [2.24, 2.45) is 0 Å². The zero-order valence-corrected chi connectivity index (χ0v) is 12.9. The molecule has 0 radical (unpaired) electrons. The van der Waals surface area contributed by atoms with Gasteiger partial charge in [0.05, 0.1) is 4.92 Å². The second-order valence-corrected chi connectivity index (χ2v) is 6.63. The van der Waals surface area contributed by atoms with E-state index in [1.54, 1.807) is 0 Å². The van der Waals surface area contributed by atoms with Gasteiger partial charge in [0.25, 0.3) is 0 Å². The molecule has 0 atom stereocenters. The number of fused-ring (bicyclic) bond motifs is 1. The molecular formula is C11H6F3N5O2S2. The van der Waals surface area contributed by atoms with Gasteiger partial charge < -0.3 is 0 Å². The highest BCUT2D eigenvalue weighted by Crippen LogP contribution is 2.35. The fourth-order valence-electron chi connectivity index (χ4n) is 1.90. The molecule has 3 heterocycles. The van der Waals surface area contributed by atoms with Crippen molar-refractivity contribution in [2.45, 2.75) is 22.5 Å². The van der Waals surface area contributed by atoms with E-state index in [4.69, 9.17) is 0 Å². The summed E-state index contributed by atoms with van der Waals surface area (Å²) < 4.78 is 39.3. The van der Waals surface area contributed by atoms with Crippen LogP contribution in [0.1, 0.15) is 5.82 Å². The Morgan fingerprint density at radius 3 is 2.70 bits per heavy atom. The minimum atomic E-state index is -4.60. The Balaban J connectivity index is 1.96. The number of rotatable bonds is 3. The monoisotopic (exact) mass is 361 g/mol. The van der Waals surface area contributed by atoms with Gasteiger partial charge in [0.15, 0.2) is 9.99 Å². The van der Waals surface area contributed by atoms with Crippen LogP contribution in [0.4, 0.5) is 18.2 Å². The first kappa shape index (κ1) is 15.7. The summed E-state index contributed by atoms with van der Waals surface area (Å²) in [6.45, 7) is 1.24. The van der Waals surface area contributed by atoms with Gasteiger partial charge in [-0.1, -0.05) is 11.8 Å². The molecule has 0 aliphatic heterocycles. The summed E-state index contributed by atoms with van der Waals surface area (Å²) in [5, 5.41) is 10.5. The lowest BCUT2D eigenvalue weighted by atomic mass is 10.4. The summed E-state index contributed by atoms with van der Waals surface area (Å²) in [7, 11) is 0. The van der Waals surface area contributed by atoms with Crippen LogP contribution in [0.5, 0.6) is 0 Å². The number of hydrogen-bond donors (Lipinski definition) is 0. The topological polar surface area (TPSA) is 86.7 Å². The Bertz CT molecular complexity index is 905. The summed E-state index contributed by atoms with van der Waals surface area (Å²) in [6, 6.07) is 1.44. The molecule has 3 rings (SSSR count). The number of aryl methyl sites for hydroxylation is 1. The maximum absolute atomic E-state index is 12.9. The van der Waals surface area contributed by atoms with Gasteiger partial charge in [-0.2, -0.15) is 0 Å². The highest BCUT2D eigenvalue weighted by atomic mass is 32.2. The molecule has 0 aliphatic rings. The molecule has 0 saturated carbocycles. The van der Waals surface area contributed by atoms with Gasteiger partial charge in [0.1, 0.15) is 17.5 Å². The molecule has 23 heavy (non-hydrogen) atoms. The standard InChI is InChI=1S/C11H6F3N5O2S2/c1-5-17-7-2-6(3-15-9(7)18(5)11(12,13)14)22-10-16-4-8(23-10)19(20)21/h2-4H,1H3. The lowest BCUT2D eigenvalue weighted by molar-refractivity contribution is -0.380. The van der Waals surface area contributed by atoms with Crippen LogP contribution in [0.3, 0.4) is 0 Å². The predicted molar refractivity (Wildman–Crippen MR) is 76.5 cm³/mol. The molecule has 12 heteroatoms. The Morgan fingerprint density at radius 2 is 2.09 bits per heavy atom. The smallest absolute Gasteiger partial charge is 0.257 e. The van der Waals surface area contributed by atoms with E-state index in [9.17, 15) is 23.3 Å². The molecule has 120 valence electrons. The first-order valence-electron chi connectivity index (χ1n) is 5.96. The van der Waals surface area contributed by atoms with Gasteiger partial charge in [-0.05, 0) is 24.3 Å². The molecule has 0 fully saturated rings. The highest BCUT2D eigenvalue weighted by Gasteiger charge is 2.35. The number of aromatic nitrogens is 4. The SMILES string of the molecule is Cc1nc2cc(Sc3ncc([N+](=O)[O-])s3)cnc2n1C(F)(F)F. The minimum Gasteiger partial charge on any atom is -0.257 e. The van der Waals surface area contributed by atoms with Gasteiger partial charge in [0, 0.05) is 11.1 Å². The Kier molecular flexibility index (Phi) is 3.72. The Labute approximate surface area is 134 Å². The molecule has 0 saturated heterocycles. The summed E-state index contributed by atoms with van der Waals surface area (Å²) in [5.41, 5.74) is -0.194. The van der Waals surface area contributed by atoms with E-state index < -0.39 is 11.2 Å². The van der Waals surface area contributed by atoms with E-state index in [0.717, 1.165) is 29.3 Å². The third kappa shape index (κ3) is 2.99. The van der Waals surface area contributed by atoms with E-state index in [1.807, 2.05) is 0 Å². The van der Waals surface area contributed by atoms with Crippen molar-refractivity contribution in [3.8, 4) is 0 Å². The van der Waals surface area contributed by atoms with Crippen molar-refractivity contribution in [1.82, 2.24) is 19.5 Å². The van der Waals surface area contributed by atoms with Crippen molar-refractivity contribution in [3.05, 3.63) is 34.4 Å². The molecule has 3 aromatic rings. The van der Waals surface area contributed by atoms with Crippen LogP contribution in [0.25, 0.3) is 11.2 Å². The molecule has 0 aliphatic carbocycles. The van der Waals surface area contributed by atoms with Gasteiger partial charge in [-0.3, -0.25) is 10.1 Å². The normalized spacial score (nSPS) is 12.0. The third-order valence-electron chi connectivity index (χ3n) is 2.75. The second kappa shape index (κ2) is 5.45. The molecule has 7 nitrogen and oxygen atoms in total. The lowest BCUT2D eigenvalue weighted by Crippen LogP contribution is -2.18. The minimum absolute atomic E-state index is 0.0934. The van der Waals surface area contributed by atoms with E-state index in [2.05, 4.69) is 15.0 Å². The van der Waals surface area contributed by atoms with Crippen LogP contribution in [0, 0.1) is 17.0 Å². The highest BCUT2D eigenvalue weighted by molar-refractivity contribution is 8.01. The number of pyridine rings is 1. The van der Waals surface area contributed by atoms with Gasteiger partial charge in [-0.15, -0.1) is 13.2 Å². The van der Waals surface area contributed by atoms with Crippen LogP contribution in [-0.2, 0) is 6.30 Å². The zero-order valence-electron chi connectivity index (χ0n) is 11.2. The average Bonchev–Trinajstić information content (AvgIpc) is 3.00. The fraction of sp³-hybridized carbons (Fsp3) is 0.182. The number of nitrogens with zero attached hydrogens (tertiary/aromatic N) is 5. The van der Waals surface area contributed by atoms with Crippen molar-refractivity contribution in [1.29, 1.82) is 0 Å². The van der Waals surface area contributed by atoms with Crippen molar-refractivity contribution in [2.75, 3.05) is 0 Å². The number of thiazole rings is 1. The van der Waals surface area contributed by atoms with E-state index in [-0.39, 0.29) is 26.6 Å². The van der Waals surface area contributed by atoms with Crippen LogP contribution in [-0.4, -0.2) is 24.4 Å². The molecule has 0 unspecified atom stereocenters. The van der Waals surface area contributed by atoms with Gasteiger partial charge >= 0.3 is 11.3 Å². The molecule has 0 amide bonds. The number of halogens is 3. The van der Waals surface area contributed by atoms with Crippen LogP contribution >= 0.6 is 23.1 Å². The zero-order chi connectivity index (χ0) is 16.8. The Hall–Kier alpha value is -2.21. The van der Waals surface area contributed by atoms with Crippen LogP contribution in [0.15, 0.2) is 27.7 Å². The summed E-state index contributed by atoms with van der Waals surface area (Å²) in [4.78, 5) is 22.1. The molecule has 3 aromatic heterocycles. The maximum Gasteiger partial charge on any atom is 0.491 e. The van der Waals surface area contributed by atoms with Crippen molar-refractivity contribution >= 4 is 39.3 Å². The van der Waals surface area contributed by atoms with E-state index >= 15 is 0 Å². The molecule has 0 N–H and O–H groups in total. The first-order valence-corrected chi connectivity index (χ1v) is 7.59. The molecule has 0 bridgehead atoms. The van der Waals surface area contributed by atoms with Crippen LogP contribution < -0.4 is 0 Å². The first-order chi connectivity index (χ1) is 10.8. The predicted octanol–water partition coefficient (Wildman–Crippen LogP) is 3.73. The quantitative estimate of drug-likeness (QED) is 0.522. The van der Waals surface area contributed by atoms with E-state index in [1.165, 1.54) is 19.2 Å². The number of hydrogen-bond acceptors (Lipinski definition) is 7. The van der Waals surface area contributed by atoms with Crippen LogP contribution in [0.2, 0.25) is 0 Å². The second-order valence-electron chi connectivity index (χ2n) is 4.30. The van der Waals surface area contributed by atoms with Crippen molar-refractivity contribution in [3.63, 3.8) is 0 Å². The number of imidazole rings is 1. The van der Waals surface area contributed by atoms with Gasteiger partial charge in [0.2, 0.25) is 0 Å². The van der Waals surface area contributed by atoms with E-state index in [0.29, 0.717) is 9.24 Å². The summed E-state index contributed by atoms with van der Waals surface area (Å²) in [5.74, 6) is -0.216. The van der Waals surface area contributed by atoms with Crippen molar-refractivity contribution < 1.29 is 18.1 Å². The summed E-state index contributed by atoms with van der Waals surface area (Å²) >= 11 is 1.95.